The first kappa shape index (κ1) is 13.2. The van der Waals surface area contributed by atoms with E-state index in [9.17, 15) is 5.11 Å². The van der Waals surface area contributed by atoms with E-state index in [0.717, 1.165) is 17.3 Å². The van der Waals surface area contributed by atoms with Crippen LogP contribution in [0.25, 0.3) is 0 Å². The molecular formula is C16H17BrO. The Bertz CT molecular complexity index is 488. The SMILES string of the molecule is CCC(Cc1ccc(O)cc1)c1ccc(Br)cc1. The monoisotopic (exact) mass is 304 g/mol. The molecule has 1 atom stereocenters. The van der Waals surface area contributed by atoms with Crippen LogP contribution in [-0.2, 0) is 6.42 Å². The van der Waals surface area contributed by atoms with Crippen LogP contribution < -0.4 is 0 Å². The Morgan fingerprint density at radius 1 is 1.00 bits per heavy atom. The van der Waals surface area contributed by atoms with Gasteiger partial charge in [-0.25, -0.2) is 0 Å². The Labute approximate surface area is 117 Å². The fraction of sp³-hybridized carbons (Fsp3) is 0.250. The number of phenols is 1. The summed E-state index contributed by atoms with van der Waals surface area (Å²) < 4.78 is 1.12. The average Bonchev–Trinajstić information content (AvgIpc) is 2.39. The van der Waals surface area contributed by atoms with E-state index in [1.807, 2.05) is 12.1 Å². The predicted molar refractivity (Wildman–Crippen MR) is 79.0 cm³/mol. The van der Waals surface area contributed by atoms with Gasteiger partial charge < -0.3 is 5.11 Å². The standard InChI is InChI=1S/C16H17BrO/c1-2-13(14-5-7-15(17)8-6-14)11-12-3-9-16(18)10-4-12/h3-10,13,18H,2,11H2,1H3. The quantitative estimate of drug-likeness (QED) is 0.852. The maximum atomic E-state index is 9.29. The number of halogens is 1. The molecule has 18 heavy (non-hydrogen) atoms. The van der Waals surface area contributed by atoms with Crippen LogP contribution in [0.15, 0.2) is 53.0 Å². The van der Waals surface area contributed by atoms with Gasteiger partial charge in [0.25, 0.3) is 0 Å². The van der Waals surface area contributed by atoms with Crippen molar-refractivity contribution in [2.45, 2.75) is 25.7 Å². The molecule has 0 aliphatic rings. The van der Waals surface area contributed by atoms with Crippen molar-refractivity contribution in [3.8, 4) is 5.75 Å². The fourth-order valence-electron chi connectivity index (χ4n) is 2.15. The second-order valence-electron chi connectivity index (χ2n) is 4.53. The molecule has 1 nitrogen and oxygen atoms in total. The Hall–Kier alpha value is -1.28. The highest BCUT2D eigenvalue weighted by Gasteiger charge is 2.10. The highest BCUT2D eigenvalue weighted by Crippen LogP contribution is 2.26. The van der Waals surface area contributed by atoms with Gasteiger partial charge in [-0.05, 0) is 54.2 Å². The van der Waals surface area contributed by atoms with E-state index in [-0.39, 0.29) is 0 Å². The van der Waals surface area contributed by atoms with E-state index in [1.54, 1.807) is 12.1 Å². The molecule has 2 heteroatoms. The first-order chi connectivity index (χ1) is 8.69. The molecule has 0 heterocycles. The van der Waals surface area contributed by atoms with Crippen LogP contribution in [0, 0.1) is 0 Å². The van der Waals surface area contributed by atoms with Crippen LogP contribution in [0.4, 0.5) is 0 Å². The van der Waals surface area contributed by atoms with E-state index < -0.39 is 0 Å². The van der Waals surface area contributed by atoms with Crippen molar-refractivity contribution in [3.05, 3.63) is 64.1 Å². The molecule has 0 amide bonds. The number of rotatable bonds is 4. The summed E-state index contributed by atoms with van der Waals surface area (Å²) in [5.74, 6) is 0.859. The van der Waals surface area contributed by atoms with Gasteiger partial charge in [0.1, 0.15) is 5.75 Å². The van der Waals surface area contributed by atoms with E-state index in [0.29, 0.717) is 11.7 Å². The molecule has 0 fully saturated rings. The second kappa shape index (κ2) is 6.05. The first-order valence-electron chi connectivity index (χ1n) is 6.22. The molecule has 2 aromatic rings. The highest BCUT2D eigenvalue weighted by atomic mass is 79.9. The maximum Gasteiger partial charge on any atom is 0.115 e. The lowest BCUT2D eigenvalue weighted by molar-refractivity contribution is 0.475. The number of phenolic OH excluding ortho intramolecular Hbond substituents is 1. The highest BCUT2D eigenvalue weighted by molar-refractivity contribution is 9.10. The third kappa shape index (κ3) is 3.36. The Kier molecular flexibility index (Phi) is 4.43. The average molecular weight is 305 g/mol. The van der Waals surface area contributed by atoms with Gasteiger partial charge in [-0.1, -0.05) is 47.1 Å². The summed E-state index contributed by atoms with van der Waals surface area (Å²) in [6.07, 6.45) is 2.13. The summed E-state index contributed by atoms with van der Waals surface area (Å²) in [7, 11) is 0. The van der Waals surface area contributed by atoms with Crippen LogP contribution in [0.2, 0.25) is 0 Å². The zero-order chi connectivity index (χ0) is 13.0. The van der Waals surface area contributed by atoms with Gasteiger partial charge in [0.15, 0.2) is 0 Å². The van der Waals surface area contributed by atoms with Crippen molar-refractivity contribution in [2.24, 2.45) is 0 Å². The van der Waals surface area contributed by atoms with Crippen molar-refractivity contribution in [3.63, 3.8) is 0 Å². The molecule has 2 aromatic carbocycles. The van der Waals surface area contributed by atoms with Gasteiger partial charge in [-0.15, -0.1) is 0 Å². The van der Waals surface area contributed by atoms with E-state index in [2.05, 4.69) is 47.1 Å². The zero-order valence-electron chi connectivity index (χ0n) is 10.4. The summed E-state index contributed by atoms with van der Waals surface area (Å²) in [5.41, 5.74) is 2.64. The summed E-state index contributed by atoms with van der Waals surface area (Å²) in [5, 5.41) is 9.29. The molecule has 0 radical (unpaired) electrons. The lowest BCUT2D eigenvalue weighted by Gasteiger charge is -2.15. The topological polar surface area (TPSA) is 20.2 Å². The number of hydrogen-bond acceptors (Lipinski definition) is 1. The van der Waals surface area contributed by atoms with Crippen molar-refractivity contribution >= 4 is 15.9 Å². The van der Waals surface area contributed by atoms with Crippen LogP contribution >= 0.6 is 15.9 Å². The molecule has 0 aliphatic heterocycles. The lowest BCUT2D eigenvalue weighted by Crippen LogP contribution is -2.01. The summed E-state index contributed by atoms with van der Waals surface area (Å²) >= 11 is 3.46. The molecule has 2 rings (SSSR count). The Balaban J connectivity index is 2.14. The second-order valence-corrected chi connectivity index (χ2v) is 5.44. The van der Waals surface area contributed by atoms with Crippen LogP contribution in [0.3, 0.4) is 0 Å². The molecular weight excluding hydrogens is 288 g/mol. The third-order valence-electron chi connectivity index (χ3n) is 3.25. The fourth-order valence-corrected chi connectivity index (χ4v) is 2.41. The minimum atomic E-state index is 0.329. The van der Waals surface area contributed by atoms with E-state index in [4.69, 9.17) is 0 Å². The first-order valence-corrected chi connectivity index (χ1v) is 7.01. The predicted octanol–water partition coefficient (Wildman–Crippen LogP) is 4.89. The molecule has 0 bridgehead atoms. The molecule has 0 saturated heterocycles. The summed E-state index contributed by atoms with van der Waals surface area (Å²) in [6.45, 7) is 2.22. The van der Waals surface area contributed by atoms with Gasteiger partial charge in [-0.2, -0.15) is 0 Å². The molecule has 94 valence electrons. The smallest absolute Gasteiger partial charge is 0.115 e. The molecule has 1 unspecified atom stereocenters. The van der Waals surface area contributed by atoms with Crippen LogP contribution in [-0.4, -0.2) is 5.11 Å². The third-order valence-corrected chi connectivity index (χ3v) is 3.78. The number of hydrogen-bond donors (Lipinski definition) is 1. The minimum Gasteiger partial charge on any atom is -0.508 e. The van der Waals surface area contributed by atoms with Crippen molar-refractivity contribution < 1.29 is 5.11 Å². The van der Waals surface area contributed by atoms with Crippen molar-refractivity contribution in [1.82, 2.24) is 0 Å². The maximum absolute atomic E-state index is 9.29. The summed E-state index contributed by atoms with van der Waals surface area (Å²) in [6, 6.07) is 16.0. The van der Waals surface area contributed by atoms with Gasteiger partial charge in [-0.3, -0.25) is 0 Å². The lowest BCUT2D eigenvalue weighted by atomic mass is 9.90. The van der Waals surface area contributed by atoms with Gasteiger partial charge in [0, 0.05) is 4.47 Å². The molecule has 0 aromatic heterocycles. The Morgan fingerprint density at radius 2 is 1.61 bits per heavy atom. The normalized spacial score (nSPS) is 12.3. The largest absolute Gasteiger partial charge is 0.508 e. The van der Waals surface area contributed by atoms with Crippen LogP contribution in [0.5, 0.6) is 5.75 Å². The Morgan fingerprint density at radius 3 is 2.17 bits per heavy atom. The van der Waals surface area contributed by atoms with Crippen molar-refractivity contribution in [2.75, 3.05) is 0 Å². The number of benzene rings is 2. The van der Waals surface area contributed by atoms with E-state index in [1.165, 1.54) is 11.1 Å². The van der Waals surface area contributed by atoms with Gasteiger partial charge in [0.2, 0.25) is 0 Å². The summed E-state index contributed by atoms with van der Waals surface area (Å²) in [4.78, 5) is 0. The van der Waals surface area contributed by atoms with Crippen LogP contribution in [0.1, 0.15) is 30.4 Å². The minimum absolute atomic E-state index is 0.329. The zero-order valence-corrected chi connectivity index (χ0v) is 12.0. The van der Waals surface area contributed by atoms with Gasteiger partial charge in [0.05, 0.1) is 0 Å². The molecule has 1 N–H and O–H groups in total. The molecule has 0 saturated carbocycles. The van der Waals surface area contributed by atoms with Gasteiger partial charge >= 0.3 is 0 Å². The van der Waals surface area contributed by atoms with Crippen molar-refractivity contribution in [1.29, 1.82) is 0 Å². The van der Waals surface area contributed by atoms with E-state index >= 15 is 0 Å². The molecule has 0 spiro atoms. The number of aromatic hydroxyl groups is 1. The molecule has 0 aliphatic carbocycles.